The normalized spacial score (nSPS) is 13.7. The number of hydrogen-bond donors (Lipinski definition) is 1. The molecule has 2 aromatic rings. The number of thiazole rings is 1. The van der Waals surface area contributed by atoms with Crippen molar-refractivity contribution in [2.75, 3.05) is 0 Å². The predicted octanol–water partition coefficient (Wildman–Crippen LogP) is 3.24. The summed E-state index contributed by atoms with van der Waals surface area (Å²) in [5, 5.41) is 6.75. The highest BCUT2D eigenvalue weighted by Gasteiger charge is 2.16. The first-order chi connectivity index (χ1) is 8.85. The Morgan fingerprint density at radius 2 is 2.16 bits per heavy atom. The van der Waals surface area contributed by atoms with Crippen LogP contribution in [0.4, 0.5) is 0 Å². The maximum atomic E-state index is 5.78. The summed E-state index contributed by atoms with van der Waals surface area (Å²) >= 11 is 3.29. The molecule has 19 heavy (non-hydrogen) atoms. The summed E-state index contributed by atoms with van der Waals surface area (Å²) in [6.45, 7) is 8.39. The standard InChI is InChI=1S/C12H18N4OS2/c1-7(13)11-14-8(5-18-11)10-15-9(16-17-10)6-19-12(2,3)4/h5,7H,6,13H2,1-4H3. The average Bonchev–Trinajstić information content (AvgIpc) is 2.94. The lowest BCUT2D eigenvalue weighted by Crippen LogP contribution is -2.07. The van der Waals surface area contributed by atoms with Gasteiger partial charge in [0.15, 0.2) is 5.82 Å². The van der Waals surface area contributed by atoms with Crippen LogP contribution in [0, 0.1) is 0 Å². The van der Waals surface area contributed by atoms with Gasteiger partial charge >= 0.3 is 0 Å². The van der Waals surface area contributed by atoms with Crippen molar-refractivity contribution in [3.8, 4) is 11.6 Å². The maximum Gasteiger partial charge on any atom is 0.277 e. The van der Waals surface area contributed by atoms with E-state index in [-0.39, 0.29) is 10.8 Å². The lowest BCUT2D eigenvalue weighted by Gasteiger charge is -2.15. The summed E-state index contributed by atoms with van der Waals surface area (Å²) in [5.74, 6) is 1.90. The Bertz CT molecular complexity index is 542. The molecule has 1 atom stereocenters. The molecule has 0 aromatic carbocycles. The molecule has 104 valence electrons. The van der Waals surface area contributed by atoms with Gasteiger partial charge in [-0.15, -0.1) is 23.1 Å². The topological polar surface area (TPSA) is 77.8 Å². The molecule has 2 aromatic heterocycles. The number of rotatable bonds is 4. The Labute approximate surface area is 121 Å². The second-order valence-corrected chi connectivity index (χ2v) is 7.97. The maximum absolute atomic E-state index is 5.78. The van der Waals surface area contributed by atoms with Crippen molar-refractivity contribution in [2.45, 2.75) is 44.2 Å². The number of nitrogens with two attached hydrogens (primary N) is 1. The number of hydrogen-bond acceptors (Lipinski definition) is 7. The summed E-state index contributed by atoms with van der Waals surface area (Å²) in [7, 11) is 0. The van der Waals surface area contributed by atoms with Crippen molar-refractivity contribution >= 4 is 23.1 Å². The minimum Gasteiger partial charge on any atom is -0.332 e. The molecule has 1 unspecified atom stereocenters. The third-order valence-electron chi connectivity index (χ3n) is 2.23. The van der Waals surface area contributed by atoms with Crippen molar-refractivity contribution in [1.82, 2.24) is 15.1 Å². The highest BCUT2D eigenvalue weighted by molar-refractivity contribution is 7.99. The first-order valence-electron chi connectivity index (χ1n) is 6.03. The van der Waals surface area contributed by atoms with E-state index in [2.05, 4.69) is 35.9 Å². The van der Waals surface area contributed by atoms with E-state index in [9.17, 15) is 0 Å². The molecule has 0 fully saturated rings. The molecule has 0 radical (unpaired) electrons. The van der Waals surface area contributed by atoms with E-state index in [1.165, 1.54) is 11.3 Å². The fourth-order valence-electron chi connectivity index (χ4n) is 1.29. The monoisotopic (exact) mass is 298 g/mol. The molecule has 0 saturated carbocycles. The number of aromatic nitrogens is 3. The summed E-state index contributed by atoms with van der Waals surface area (Å²) in [6, 6.07) is -0.0717. The third kappa shape index (κ3) is 4.02. The fraction of sp³-hybridized carbons (Fsp3) is 0.583. The van der Waals surface area contributed by atoms with Gasteiger partial charge < -0.3 is 10.3 Å². The Kier molecular flexibility index (Phi) is 4.27. The molecule has 0 amide bonds. The summed E-state index contributed by atoms with van der Waals surface area (Å²) in [4.78, 5) is 8.75. The van der Waals surface area contributed by atoms with Crippen LogP contribution < -0.4 is 5.73 Å². The van der Waals surface area contributed by atoms with Gasteiger partial charge in [0.2, 0.25) is 0 Å². The van der Waals surface area contributed by atoms with Crippen LogP contribution in [0.3, 0.4) is 0 Å². The molecule has 5 nitrogen and oxygen atoms in total. The Balaban J connectivity index is 2.07. The van der Waals surface area contributed by atoms with E-state index in [4.69, 9.17) is 10.3 Å². The van der Waals surface area contributed by atoms with Crippen LogP contribution >= 0.6 is 23.1 Å². The Morgan fingerprint density at radius 1 is 1.42 bits per heavy atom. The molecule has 2 rings (SSSR count). The van der Waals surface area contributed by atoms with Gasteiger partial charge in [-0.1, -0.05) is 25.9 Å². The molecular weight excluding hydrogens is 280 g/mol. The molecule has 2 N–H and O–H groups in total. The van der Waals surface area contributed by atoms with E-state index in [0.29, 0.717) is 17.4 Å². The van der Waals surface area contributed by atoms with Gasteiger partial charge in [-0.2, -0.15) is 4.98 Å². The smallest absolute Gasteiger partial charge is 0.277 e. The van der Waals surface area contributed by atoms with E-state index in [0.717, 1.165) is 10.8 Å². The molecular formula is C12H18N4OS2. The third-order valence-corrected chi connectivity index (χ3v) is 4.55. The fourth-order valence-corrected chi connectivity index (χ4v) is 2.72. The first kappa shape index (κ1) is 14.5. The molecule has 0 aliphatic heterocycles. The zero-order chi connectivity index (χ0) is 14.0. The van der Waals surface area contributed by atoms with Gasteiger partial charge in [0.1, 0.15) is 10.7 Å². The van der Waals surface area contributed by atoms with Gasteiger partial charge in [-0.3, -0.25) is 0 Å². The van der Waals surface area contributed by atoms with Crippen molar-refractivity contribution < 1.29 is 4.52 Å². The van der Waals surface area contributed by atoms with Crippen molar-refractivity contribution in [1.29, 1.82) is 0 Å². The van der Waals surface area contributed by atoms with Crippen molar-refractivity contribution in [2.24, 2.45) is 5.73 Å². The Morgan fingerprint density at radius 3 is 2.74 bits per heavy atom. The van der Waals surface area contributed by atoms with E-state index in [1.54, 1.807) is 11.8 Å². The van der Waals surface area contributed by atoms with Gasteiger partial charge in [0, 0.05) is 10.1 Å². The zero-order valence-corrected chi connectivity index (χ0v) is 13.1. The molecule has 0 saturated heterocycles. The minimum atomic E-state index is -0.0717. The van der Waals surface area contributed by atoms with E-state index < -0.39 is 0 Å². The summed E-state index contributed by atoms with van der Waals surface area (Å²) < 4.78 is 5.42. The van der Waals surface area contributed by atoms with E-state index >= 15 is 0 Å². The zero-order valence-electron chi connectivity index (χ0n) is 11.5. The predicted molar refractivity (Wildman–Crippen MR) is 79.1 cm³/mol. The van der Waals surface area contributed by atoms with Crippen LogP contribution in [-0.2, 0) is 5.75 Å². The molecule has 0 bridgehead atoms. The minimum absolute atomic E-state index is 0.0717. The second kappa shape index (κ2) is 5.60. The van der Waals surface area contributed by atoms with Crippen molar-refractivity contribution in [3.63, 3.8) is 0 Å². The van der Waals surface area contributed by atoms with E-state index in [1.807, 2.05) is 12.3 Å². The molecule has 7 heteroatoms. The van der Waals surface area contributed by atoms with Crippen LogP contribution in [0.2, 0.25) is 0 Å². The van der Waals surface area contributed by atoms with Crippen molar-refractivity contribution in [3.05, 3.63) is 16.2 Å². The average molecular weight is 298 g/mol. The lowest BCUT2D eigenvalue weighted by atomic mass is 10.3. The number of thioether (sulfide) groups is 1. The van der Waals surface area contributed by atoms with Gasteiger partial charge in [-0.25, -0.2) is 4.98 Å². The van der Waals surface area contributed by atoms with Crippen LogP contribution in [-0.4, -0.2) is 19.9 Å². The lowest BCUT2D eigenvalue weighted by molar-refractivity contribution is 0.424. The van der Waals surface area contributed by atoms with Gasteiger partial charge in [-0.05, 0) is 6.92 Å². The summed E-state index contributed by atoms with van der Waals surface area (Å²) in [6.07, 6.45) is 0. The SMILES string of the molecule is CC(N)c1nc(-c2nc(CSC(C)(C)C)no2)cs1. The highest BCUT2D eigenvalue weighted by atomic mass is 32.2. The molecule has 0 aliphatic rings. The van der Waals surface area contributed by atoms with Gasteiger partial charge in [0.25, 0.3) is 5.89 Å². The molecule has 2 heterocycles. The van der Waals surface area contributed by atoms with Crippen LogP contribution in [0.15, 0.2) is 9.90 Å². The number of nitrogens with zero attached hydrogens (tertiary/aromatic N) is 3. The largest absolute Gasteiger partial charge is 0.332 e. The quantitative estimate of drug-likeness (QED) is 0.933. The summed E-state index contributed by atoms with van der Waals surface area (Å²) in [5.41, 5.74) is 6.49. The Hall–Kier alpha value is -0.920. The first-order valence-corrected chi connectivity index (χ1v) is 7.89. The molecule has 0 spiro atoms. The van der Waals surface area contributed by atoms with Crippen LogP contribution in [0.5, 0.6) is 0 Å². The van der Waals surface area contributed by atoms with Crippen LogP contribution in [0.1, 0.15) is 44.6 Å². The van der Waals surface area contributed by atoms with Crippen LogP contribution in [0.25, 0.3) is 11.6 Å². The molecule has 0 aliphatic carbocycles. The van der Waals surface area contributed by atoms with Gasteiger partial charge in [0.05, 0.1) is 11.8 Å². The second-order valence-electron chi connectivity index (χ2n) is 5.28. The highest BCUT2D eigenvalue weighted by Crippen LogP contribution is 2.28.